The van der Waals surface area contributed by atoms with Crippen molar-refractivity contribution in [3.8, 4) is 6.07 Å². The fourth-order valence-corrected chi connectivity index (χ4v) is 2.38. The molecule has 7 heteroatoms. The number of hydrogen-bond acceptors (Lipinski definition) is 5. The normalized spacial score (nSPS) is 10.0. The fourth-order valence-electron chi connectivity index (χ4n) is 2.19. The van der Waals surface area contributed by atoms with E-state index in [1.165, 1.54) is 12.3 Å². The van der Waals surface area contributed by atoms with Gasteiger partial charge < -0.3 is 10.6 Å². The molecule has 0 bridgehead atoms. The van der Waals surface area contributed by atoms with E-state index >= 15 is 0 Å². The van der Waals surface area contributed by atoms with Gasteiger partial charge in [-0.15, -0.1) is 0 Å². The number of nitriles is 1. The second-order valence-electron chi connectivity index (χ2n) is 5.41. The zero-order chi connectivity index (χ0) is 18.4. The summed E-state index contributed by atoms with van der Waals surface area (Å²) < 4.78 is 0. The van der Waals surface area contributed by atoms with Crippen LogP contribution in [0, 0.1) is 11.3 Å². The maximum Gasteiger partial charge on any atom is 0.258 e. The van der Waals surface area contributed by atoms with Crippen molar-refractivity contribution in [3.05, 3.63) is 82.8 Å². The molecule has 0 aliphatic heterocycles. The number of hydrogen-bond donors (Lipinski definition) is 2. The smallest absolute Gasteiger partial charge is 0.258 e. The third kappa shape index (κ3) is 4.56. The van der Waals surface area contributed by atoms with Gasteiger partial charge in [-0.05, 0) is 42.0 Å². The monoisotopic (exact) mass is 363 g/mol. The van der Waals surface area contributed by atoms with Crippen LogP contribution in [-0.4, -0.2) is 15.9 Å². The summed E-state index contributed by atoms with van der Waals surface area (Å²) in [6.45, 7) is 0.584. The fraction of sp³-hybridized carbons (Fsp3) is 0.0526. The van der Waals surface area contributed by atoms with Crippen LogP contribution in [0.3, 0.4) is 0 Å². The number of rotatable bonds is 5. The highest BCUT2D eigenvalue weighted by atomic mass is 35.5. The van der Waals surface area contributed by atoms with Gasteiger partial charge in [0.05, 0.1) is 5.56 Å². The van der Waals surface area contributed by atoms with Gasteiger partial charge in [-0.1, -0.05) is 23.7 Å². The van der Waals surface area contributed by atoms with E-state index in [0.717, 1.165) is 11.3 Å². The molecule has 2 N–H and O–H groups in total. The minimum Gasteiger partial charge on any atom is -0.381 e. The molecule has 0 radical (unpaired) electrons. The lowest BCUT2D eigenvalue weighted by Crippen LogP contribution is -2.13. The molecule has 2 aromatic heterocycles. The van der Waals surface area contributed by atoms with E-state index in [2.05, 4.69) is 20.6 Å². The Morgan fingerprint density at radius 3 is 2.65 bits per heavy atom. The number of carbonyl (C=O) groups is 1. The van der Waals surface area contributed by atoms with Crippen molar-refractivity contribution in [2.75, 3.05) is 10.6 Å². The highest BCUT2D eigenvalue weighted by Gasteiger charge is 2.07. The summed E-state index contributed by atoms with van der Waals surface area (Å²) >= 11 is 5.95. The lowest BCUT2D eigenvalue weighted by atomic mass is 10.2. The minimum atomic E-state index is -0.334. The maximum absolute atomic E-state index is 12.1. The standard InChI is InChI=1S/C19H14ClN5O/c20-15-2-1-3-16(8-15)22-10-13-4-7-18(24-11-13)25-19(26)14-5-6-17(9-21)23-12-14/h1-8,11-12,22H,10H2,(H,24,25,26). The van der Waals surface area contributed by atoms with Crippen LogP contribution in [0.5, 0.6) is 0 Å². The second kappa shape index (κ2) is 8.10. The number of aromatic nitrogens is 2. The van der Waals surface area contributed by atoms with E-state index in [4.69, 9.17) is 16.9 Å². The Bertz CT molecular complexity index is 949. The number of pyridine rings is 2. The Morgan fingerprint density at radius 1 is 1.12 bits per heavy atom. The molecule has 6 nitrogen and oxygen atoms in total. The predicted octanol–water partition coefficient (Wildman–Crippen LogP) is 3.87. The van der Waals surface area contributed by atoms with Crippen molar-refractivity contribution in [2.24, 2.45) is 0 Å². The van der Waals surface area contributed by atoms with E-state index in [1.54, 1.807) is 18.3 Å². The van der Waals surface area contributed by atoms with Crippen molar-refractivity contribution >= 4 is 29.0 Å². The molecule has 1 aromatic carbocycles. The molecule has 26 heavy (non-hydrogen) atoms. The molecule has 3 rings (SSSR count). The molecule has 2 heterocycles. The number of halogens is 1. The summed E-state index contributed by atoms with van der Waals surface area (Å²) in [5, 5.41) is 15.3. The Kier molecular flexibility index (Phi) is 5.42. The van der Waals surface area contributed by atoms with Crippen molar-refractivity contribution in [2.45, 2.75) is 6.54 Å². The summed E-state index contributed by atoms with van der Waals surface area (Å²) in [6.07, 6.45) is 3.04. The summed E-state index contributed by atoms with van der Waals surface area (Å²) in [6, 6.07) is 16.0. The molecule has 0 aliphatic rings. The van der Waals surface area contributed by atoms with Gasteiger partial charge >= 0.3 is 0 Å². The van der Waals surface area contributed by atoms with Crippen LogP contribution in [0.4, 0.5) is 11.5 Å². The number of nitrogens with one attached hydrogen (secondary N) is 2. The van der Waals surface area contributed by atoms with E-state index < -0.39 is 0 Å². The van der Waals surface area contributed by atoms with Gasteiger partial charge in [0.1, 0.15) is 17.6 Å². The first-order chi connectivity index (χ1) is 12.6. The molecular weight excluding hydrogens is 350 g/mol. The highest BCUT2D eigenvalue weighted by molar-refractivity contribution is 6.30. The van der Waals surface area contributed by atoms with Crippen LogP contribution in [0.2, 0.25) is 5.02 Å². The van der Waals surface area contributed by atoms with Crippen LogP contribution in [0.25, 0.3) is 0 Å². The summed E-state index contributed by atoms with van der Waals surface area (Å²) in [7, 11) is 0. The molecule has 0 aliphatic carbocycles. The van der Waals surface area contributed by atoms with Gasteiger partial charge in [0.2, 0.25) is 0 Å². The number of carbonyl (C=O) groups excluding carboxylic acids is 1. The van der Waals surface area contributed by atoms with Gasteiger partial charge in [-0.2, -0.15) is 5.26 Å². The zero-order valence-corrected chi connectivity index (χ0v) is 14.4. The number of anilines is 2. The molecule has 3 aromatic rings. The predicted molar refractivity (Wildman–Crippen MR) is 99.9 cm³/mol. The molecule has 128 valence electrons. The van der Waals surface area contributed by atoms with Crippen molar-refractivity contribution in [1.29, 1.82) is 5.26 Å². The van der Waals surface area contributed by atoms with Crippen LogP contribution in [0.1, 0.15) is 21.6 Å². The van der Waals surface area contributed by atoms with Crippen LogP contribution < -0.4 is 10.6 Å². The second-order valence-corrected chi connectivity index (χ2v) is 5.85. The van der Waals surface area contributed by atoms with Crippen LogP contribution >= 0.6 is 11.6 Å². The van der Waals surface area contributed by atoms with Gasteiger partial charge in [-0.25, -0.2) is 9.97 Å². The highest BCUT2D eigenvalue weighted by Crippen LogP contribution is 2.16. The van der Waals surface area contributed by atoms with Crippen molar-refractivity contribution < 1.29 is 4.79 Å². The third-order valence-electron chi connectivity index (χ3n) is 3.53. The minimum absolute atomic E-state index is 0.260. The Labute approximate surface area is 155 Å². The maximum atomic E-state index is 12.1. The molecule has 0 unspecified atom stereocenters. The number of benzene rings is 1. The van der Waals surface area contributed by atoms with E-state index in [0.29, 0.717) is 22.9 Å². The number of nitrogens with zero attached hydrogens (tertiary/aromatic N) is 3. The van der Waals surface area contributed by atoms with E-state index in [-0.39, 0.29) is 11.6 Å². The van der Waals surface area contributed by atoms with Gasteiger partial charge in [-0.3, -0.25) is 4.79 Å². The molecule has 0 saturated carbocycles. The van der Waals surface area contributed by atoms with E-state index in [9.17, 15) is 4.79 Å². The summed E-state index contributed by atoms with van der Waals surface area (Å²) in [5.41, 5.74) is 2.50. The quantitative estimate of drug-likeness (QED) is 0.718. The topological polar surface area (TPSA) is 90.7 Å². The van der Waals surface area contributed by atoms with Gasteiger partial charge in [0.25, 0.3) is 5.91 Å². The number of amides is 1. The Morgan fingerprint density at radius 2 is 2.00 bits per heavy atom. The summed E-state index contributed by atoms with van der Waals surface area (Å²) in [4.78, 5) is 20.3. The van der Waals surface area contributed by atoms with Gasteiger partial charge in [0.15, 0.2) is 0 Å². The lowest BCUT2D eigenvalue weighted by molar-refractivity contribution is 0.102. The average molecular weight is 364 g/mol. The first kappa shape index (κ1) is 17.4. The molecule has 0 fully saturated rings. The first-order valence-electron chi connectivity index (χ1n) is 7.76. The Balaban J connectivity index is 1.58. The largest absolute Gasteiger partial charge is 0.381 e. The molecule has 0 atom stereocenters. The molecular formula is C19H14ClN5O. The van der Waals surface area contributed by atoms with Crippen molar-refractivity contribution in [1.82, 2.24) is 9.97 Å². The van der Waals surface area contributed by atoms with Crippen LogP contribution in [-0.2, 0) is 6.54 Å². The lowest BCUT2D eigenvalue weighted by Gasteiger charge is -2.08. The van der Waals surface area contributed by atoms with Gasteiger partial charge in [0, 0.05) is 29.6 Å². The zero-order valence-electron chi connectivity index (χ0n) is 13.6. The van der Waals surface area contributed by atoms with Crippen LogP contribution in [0.15, 0.2) is 60.9 Å². The molecule has 1 amide bonds. The molecule has 0 spiro atoms. The molecule has 0 saturated heterocycles. The average Bonchev–Trinajstić information content (AvgIpc) is 2.67. The first-order valence-corrected chi connectivity index (χ1v) is 8.14. The van der Waals surface area contributed by atoms with Crippen molar-refractivity contribution in [3.63, 3.8) is 0 Å². The summed E-state index contributed by atoms with van der Waals surface area (Å²) in [5.74, 6) is 0.102. The third-order valence-corrected chi connectivity index (χ3v) is 3.76. The van der Waals surface area contributed by atoms with E-state index in [1.807, 2.05) is 36.4 Å². The Hall–Kier alpha value is -3.43. The SMILES string of the molecule is N#Cc1ccc(C(=O)Nc2ccc(CNc3cccc(Cl)c3)cn2)cn1.